The van der Waals surface area contributed by atoms with Gasteiger partial charge in [0.25, 0.3) is 5.91 Å². The van der Waals surface area contributed by atoms with E-state index in [0.29, 0.717) is 44.1 Å². The maximum atomic E-state index is 12.6. The molecule has 2 aromatic heterocycles. The first-order valence-electron chi connectivity index (χ1n) is 10.6. The largest absolute Gasteiger partial charge is 0.405 e. The molecule has 180 valence electrons. The summed E-state index contributed by atoms with van der Waals surface area (Å²) in [6.07, 6.45) is -2.46. The van der Waals surface area contributed by atoms with Gasteiger partial charge in [-0.05, 0) is 13.3 Å². The molecule has 0 spiro atoms. The van der Waals surface area contributed by atoms with Gasteiger partial charge in [-0.15, -0.1) is 0 Å². The molecule has 2 N–H and O–H groups in total. The van der Waals surface area contributed by atoms with Crippen LogP contribution in [0.5, 0.6) is 0 Å². The number of carbonyl (C=O) groups excluding carboxylic acids is 2. The predicted molar refractivity (Wildman–Crippen MR) is 111 cm³/mol. The van der Waals surface area contributed by atoms with Crippen LogP contribution >= 0.6 is 0 Å². The van der Waals surface area contributed by atoms with Crippen molar-refractivity contribution in [1.82, 2.24) is 34.6 Å². The lowest BCUT2D eigenvalue weighted by Gasteiger charge is -2.40. The Balaban J connectivity index is 1.47. The fourth-order valence-electron chi connectivity index (χ4n) is 3.96. The molecule has 3 amide bonds. The van der Waals surface area contributed by atoms with Crippen LogP contribution in [0.3, 0.4) is 0 Å². The third kappa shape index (κ3) is 4.79. The Bertz CT molecular complexity index is 1040. The van der Waals surface area contributed by atoms with Crippen LogP contribution in [0, 0.1) is 0 Å². The number of methoxy groups -OCH3 is 1. The van der Waals surface area contributed by atoms with Crippen molar-refractivity contribution in [3.05, 3.63) is 12.2 Å². The highest BCUT2D eigenvalue weighted by molar-refractivity contribution is 5.96. The van der Waals surface area contributed by atoms with Crippen molar-refractivity contribution in [3.8, 4) is 0 Å². The number of urea groups is 1. The maximum Gasteiger partial charge on any atom is 0.405 e. The molecule has 0 aliphatic carbocycles. The SMILES string of the molecule is CCn1c(C(=O)NCC(F)(F)F)nc2c(N[C@H]3CCN(C(=O)N4CC(OC)C4)C3)ncnc21. The average Bonchev–Trinajstić information content (AvgIpc) is 3.35. The number of nitrogens with one attached hydrogen (secondary N) is 2. The van der Waals surface area contributed by atoms with E-state index in [1.165, 1.54) is 10.9 Å². The summed E-state index contributed by atoms with van der Waals surface area (Å²) in [5.41, 5.74) is 0.622. The molecule has 1 atom stereocenters. The zero-order chi connectivity index (χ0) is 23.8. The van der Waals surface area contributed by atoms with Crippen molar-refractivity contribution in [2.24, 2.45) is 0 Å². The summed E-state index contributed by atoms with van der Waals surface area (Å²) in [7, 11) is 1.62. The predicted octanol–water partition coefficient (Wildman–Crippen LogP) is 1.08. The molecule has 4 heterocycles. The summed E-state index contributed by atoms with van der Waals surface area (Å²) in [5.74, 6) is -0.756. The Morgan fingerprint density at radius 1 is 1.21 bits per heavy atom. The van der Waals surface area contributed by atoms with E-state index in [1.807, 2.05) is 5.32 Å². The number of hydrogen-bond acceptors (Lipinski definition) is 7. The number of amides is 3. The number of rotatable bonds is 6. The second-order valence-corrected chi connectivity index (χ2v) is 7.99. The lowest BCUT2D eigenvalue weighted by molar-refractivity contribution is -0.123. The number of nitrogens with zero attached hydrogens (tertiary/aromatic N) is 6. The molecule has 33 heavy (non-hydrogen) atoms. The molecule has 0 radical (unpaired) electrons. The number of imidazole rings is 1. The van der Waals surface area contributed by atoms with Crippen LogP contribution in [0.15, 0.2) is 6.33 Å². The number of anilines is 1. The summed E-state index contributed by atoms with van der Waals surface area (Å²) in [6, 6.07) is -0.139. The summed E-state index contributed by atoms with van der Waals surface area (Å²) >= 11 is 0. The van der Waals surface area contributed by atoms with Crippen LogP contribution in [-0.4, -0.2) is 99.4 Å². The maximum absolute atomic E-state index is 12.6. The van der Waals surface area contributed by atoms with Crippen molar-refractivity contribution in [1.29, 1.82) is 0 Å². The molecule has 0 unspecified atom stereocenters. The van der Waals surface area contributed by atoms with Gasteiger partial charge in [0.05, 0.1) is 19.2 Å². The third-order valence-corrected chi connectivity index (χ3v) is 5.75. The van der Waals surface area contributed by atoms with Gasteiger partial charge in [0.1, 0.15) is 12.9 Å². The Labute approximate surface area is 187 Å². The standard InChI is InChI=1S/C19H25F3N8O3/c1-3-30-15-13(27-16(30)17(31)23-9-19(20,21)22)14(24-10-25-15)26-11-4-5-28(6-11)18(32)29-7-12(8-29)33-2/h10-12H,3-9H2,1-2H3,(H,23,31)(H,24,25,26)/t11-/m0/s1. The zero-order valence-electron chi connectivity index (χ0n) is 18.2. The quantitative estimate of drug-likeness (QED) is 0.649. The van der Waals surface area contributed by atoms with Crippen molar-refractivity contribution in [3.63, 3.8) is 0 Å². The van der Waals surface area contributed by atoms with E-state index in [0.717, 1.165) is 0 Å². The molecular formula is C19H25F3N8O3. The zero-order valence-corrected chi connectivity index (χ0v) is 18.2. The fourth-order valence-corrected chi connectivity index (χ4v) is 3.96. The van der Waals surface area contributed by atoms with Gasteiger partial charge in [-0.3, -0.25) is 4.79 Å². The van der Waals surface area contributed by atoms with Crippen LogP contribution in [0.25, 0.3) is 11.2 Å². The number of fused-ring (bicyclic) bond motifs is 1. The Morgan fingerprint density at radius 3 is 2.64 bits per heavy atom. The molecule has 2 saturated heterocycles. The molecule has 2 fully saturated rings. The average molecular weight is 470 g/mol. The monoisotopic (exact) mass is 470 g/mol. The molecule has 0 saturated carbocycles. The first-order valence-corrected chi connectivity index (χ1v) is 10.6. The minimum atomic E-state index is -4.53. The van der Waals surface area contributed by atoms with Crippen LogP contribution in [0.2, 0.25) is 0 Å². The number of likely N-dealkylation sites (tertiary alicyclic amines) is 2. The highest BCUT2D eigenvalue weighted by atomic mass is 19.4. The van der Waals surface area contributed by atoms with Gasteiger partial charge in [-0.25, -0.2) is 19.7 Å². The Hall–Kier alpha value is -3.16. The highest BCUT2D eigenvalue weighted by Gasteiger charge is 2.36. The van der Waals surface area contributed by atoms with Crippen LogP contribution < -0.4 is 10.6 Å². The van der Waals surface area contributed by atoms with E-state index in [-0.39, 0.29) is 36.1 Å². The van der Waals surface area contributed by atoms with Crippen molar-refractivity contribution in [2.45, 2.75) is 38.2 Å². The molecule has 0 bridgehead atoms. The summed E-state index contributed by atoms with van der Waals surface area (Å²) < 4.78 is 44.1. The van der Waals surface area contributed by atoms with Gasteiger partial charge in [0, 0.05) is 32.8 Å². The van der Waals surface area contributed by atoms with Gasteiger partial charge in [-0.1, -0.05) is 0 Å². The molecule has 11 nitrogen and oxygen atoms in total. The summed E-state index contributed by atoms with van der Waals surface area (Å²) in [4.78, 5) is 41.0. The topological polar surface area (TPSA) is 118 Å². The number of aromatic nitrogens is 4. The third-order valence-electron chi connectivity index (χ3n) is 5.75. The lowest BCUT2D eigenvalue weighted by atomic mass is 10.2. The van der Waals surface area contributed by atoms with Crippen LogP contribution in [0.4, 0.5) is 23.8 Å². The van der Waals surface area contributed by atoms with Gasteiger partial charge in [0.15, 0.2) is 17.0 Å². The van der Waals surface area contributed by atoms with E-state index in [4.69, 9.17) is 4.74 Å². The van der Waals surface area contributed by atoms with Crippen molar-refractivity contribution >= 4 is 28.9 Å². The first kappa shape index (κ1) is 23.0. The Morgan fingerprint density at radius 2 is 1.97 bits per heavy atom. The molecule has 4 rings (SSSR count). The molecule has 2 aliphatic rings. The number of halogens is 3. The molecule has 2 aliphatic heterocycles. The van der Waals surface area contributed by atoms with Gasteiger partial charge in [-0.2, -0.15) is 13.2 Å². The lowest BCUT2D eigenvalue weighted by Crippen LogP contribution is -2.58. The molecular weight excluding hydrogens is 445 g/mol. The number of carbonyl (C=O) groups is 2. The van der Waals surface area contributed by atoms with Gasteiger partial charge >= 0.3 is 12.2 Å². The highest BCUT2D eigenvalue weighted by Crippen LogP contribution is 2.24. The number of ether oxygens (including phenoxy) is 1. The van der Waals surface area contributed by atoms with E-state index in [1.54, 1.807) is 23.8 Å². The molecule has 14 heteroatoms. The summed E-state index contributed by atoms with van der Waals surface area (Å²) in [5, 5.41) is 5.09. The second-order valence-electron chi connectivity index (χ2n) is 7.99. The van der Waals surface area contributed by atoms with E-state index in [2.05, 4.69) is 20.3 Å². The second kappa shape index (κ2) is 9.00. The van der Waals surface area contributed by atoms with Crippen molar-refractivity contribution in [2.75, 3.05) is 45.2 Å². The summed E-state index contributed by atoms with van der Waals surface area (Å²) in [6.45, 7) is 2.75. The normalized spacial score (nSPS) is 19.1. The van der Waals surface area contributed by atoms with E-state index < -0.39 is 18.6 Å². The Kier molecular flexibility index (Phi) is 6.28. The van der Waals surface area contributed by atoms with E-state index >= 15 is 0 Å². The minimum Gasteiger partial charge on any atom is -0.378 e. The van der Waals surface area contributed by atoms with Gasteiger partial charge in [0.2, 0.25) is 5.82 Å². The minimum absolute atomic E-state index is 0.0423. The number of hydrogen-bond donors (Lipinski definition) is 2. The van der Waals surface area contributed by atoms with Crippen molar-refractivity contribution < 1.29 is 27.5 Å². The van der Waals surface area contributed by atoms with Crippen LogP contribution in [0.1, 0.15) is 24.0 Å². The fraction of sp³-hybridized carbons (Fsp3) is 0.632. The van der Waals surface area contributed by atoms with Gasteiger partial charge < -0.3 is 29.7 Å². The van der Waals surface area contributed by atoms with Crippen LogP contribution in [-0.2, 0) is 11.3 Å². The van der Waals surface area contributed by atoms with E-state index in [9.17, 15) is 22.8 Å². The molecule has 0 aromatic carbocycles. The molecule has 2 aromatic rings. The first-order chi connectivity index (χ1) is 15.7. The number of aryl methyl sites for hydroxylation is 1. The number of alkyl halides is 3. The smallest absolute Gasteiger partial charge is 0.378 e.